The van der Waals surface area contributed by atoms with Crippen molar-refractivity contribution in [1.29, 1.82) is 0 Å². The van der Waals surface area contributed by atoms with E-state index >= 15 is 0 Å². The zero-order valence-electron chi connectivity index (χ0n) is 10.5. The van der Waals surface area contributed by atoms with Crippen LogP contribution >= 0.6 is 0 Å². The molecule has 94 valence electrons. The van der Waals surface area contributed by atoms with Crippen LogP contribution in [0.1, 0.15) is 19.5 Å². The predicted molar refractivity (Wildman–Crippen MR) is 66.5 cm³/mol. The van der Waals surface area contributed by atoms with E-state index in [2.05, 4.69) is 15.3 Å². The molecule has 0 aliphatic rings. The molecule has 0 amide bonds. The van der Waals surface area contributed by atoms with E-state index in [0.717, 1.165) is 0 Å². The lowest BCUT2D eigenvalue weighted by Gasteiger charge is -2.20. The number of aryl methyl sites for hydroxylation is 1. The zero-order chi connectivity index (χ0) is 13.0. The van der Waals surface area contributed by atoms with E-state index in [9.17, 15) is 10.1 Å². The largest absolute Gasteiger partial charge is 0.357 e. The van der Waals surface area contributed by atoms with Gasteiger partial charge >= 0.3 is 5.69 Å². The van der Waals surface area contributed by atoms with Gasteiger partial charge in [-0.05, 0) is 20.8 Å². The van der Waals surface area contributed by atoms with Crippen LogP contribution in [0.3, 0.4) is 0 Å². The van der Waals surface area contributed by atoms with Gasteiger partial charge in [-0.25, -0.2) is 4.98 Å². The number of nitrogens with zero attached hydrogens (tertiary/aromatic N) is 4. The molecule has 0 spiro atoms. The molecule has 1 aromatic rings. The number of anilines is 2. The summed E-state index contributed by atoms with van der Waals surface area (Å²) in [4.78, 5) is 20.7. The van der Waals surface area contributed by atoms with Gasteiger partial charge in [0.25, 0.3) is 0 Å². The second-order valence-electron chi connectivity index (χ2n) is 3.48. The number of rotatable bonds is 5. The van der Waals surface area contributed by atoms with Crippen LogP contribution in [-0.2, 0) is 0 Å². The molecule has 1 aromatic heterocycles. The second-order valence-corrected chi connectivity index (χ2v) is 3.48. The number of hydrogen-bond donors (Lipinski definition) is 1. The third-order valence-corrected chi connectivity index (χ3v) is 2.51. The van der Waals surface area contributed by atoms with E-state index in [1.807, 2.05) is 18.7 Å². The van der Waals surface area contributed by atoms with Crippen LogP contribution in [-0.4, -0.2) is 35.0 Å². The third-order valence-electron chi connectivity index (χ3n) is 2.51. The average molecular weight is 239 g/mol. The second kappa shape index (κ2) is 5.42. The van der Waals surface area contributed by atoms with Crippen molar-refractivity contribution in [2.24, 2.45) is 0 Å². The molecule has 0 radical (unpaired) electrons. The topological polar surface area (TPSA) is 84.2 Å². The van der Waals surface area contributed by atoms with Gasteiger partial charge in [0.1, 0.15) is 5.69 Å². The predicted octanol–water partition coefficient (Wildman–Crippen LogP) is 1.58. The Balaban J connectivity index is 3.41. The highest BCUT2D eigenvalue weighted by atomic mass is 16.6. The molecule has 7 nitrogen and oxygen atoms in total. The summed E-state index contributed by atoms with van der Waals surface area (Å²) in [5, 5.41) is 13.9. The van der Waals surface area contributed by atoms with E-state index in [4.69, 9.17) is 0 Å². The van der Waals surface area contributed by atoms with Gasteiger partial charge in [0, 0.05) is 20.1 Å². The highest BCUT2D eigenvalue weighted by molar-refractivity contribution is 5.62. The molecule has 0 bridgehead atoms. The number of aromatic nitrogens is 2. The summed E-state index contributed by atoms with van der Waals surface area (Å²) in [5.41, 5.74) is 0.351. The standard InChI is InChI=1S/C10H17N5O2/c1-5-14(6-2)9-8(15(16)17)7(3)12-10(11-4)13-9/h5-6H2,1-4H3,(H,11,12,13). The summed E-state index contributed by atoms with van der Waals surface area (Å²) in [6.45, 7) is 6.81. The molecule has 17 heavy (non-hydrogen) atoms. The average Bonchev–Trinajstić information content (AvgIpc) is 2.29. The first-order valence-electron chi connectivity index (χ1n) is 5.50. The maximum atomic E-state index is 11.1. The molecule has 0 aliphatic heterocycles. The molecular weight excluding hydrogens is 222 g/mol. The van der Waals surface area contributed by atoms with Crippen molar-refractivity contribution in [1.82, 2.24) is 9.97 Å². The first-order chi connectivity index (χ1) is 8.04. The maximum absolute atomic E-state index is 11.1. The Morgan fingerprint density at radius 3 is 2.35 bits per heavy atom. The quantitative estimate of drug-likeness (QED) is 0.620. The van der Waals surface area contributed by atoms with Crippen LogP contribution in [0, 0.1) is 17.0 Å². The Morgan fingerprint density at radius 2 is 1.94 bits per heavy atom. The molecule has 0 aliphatic carbocycles. The van der Waals surface area contributed by atoms with Crippen LogP contribution in [0.5, 0.6) is 0 Å². The Morgan fingerprint density at radius 1 is 1.35 bits per heavy atom. The minimum atomic E-state index is -0.428. The van der Waals surface area contributed by atoms with Crippen LogP contribution in [0.25, 0.3) is 0 Å². The molecule has 1 N–H and O–H groups in total. The summed E-state index contributed by atoms with van der Waals surface area (Å²) < 4.78 is 0. The minimum Gasteiger partial charge on any atom is -0.357 e. The highest BCUT2D eigenvalue weighted by Gasteiger charge is 2.24. The van der Waals surface area contributed by atoms with Crippen molar-refractivity contribution in [3.8, 4) is 0 Å². The number of hydrogen-bond acceptors (Lipinski definition) is 6. The van der Waals surface area contributed by atoms with Gasteiger partial charge in [0.15, 0.2) is 0 Å². The lowest BCUT2D eigenvalue weighted by atomic mass is 10.3. The SMILES string of the molecule is CCN(CC)c1nc(NC)nc(C)c1[N+](=O)[O-]. The summed E-state index contributed by atoms with van der Waals surface area (Å²) >= 11 is 0. The molecule has 0 atom stereocenters. The smallest absolute Gasteiger partial charge is 0.332 e. The van der Waals surface area contributed by atoms with Crippen molar-refractivity contribution in [3.63, 3.8) is 0 Å². The van der Waals surface area contributed by atoms with Gasteiger partial charge in [-0.3, -0.25) is 10.1 Å². The normalized spacial score (nSPS) is 10.1. The first-order valence-corrected chi connectivity index (χ1v) is 5.50. The fourth-order valence-electron chi connectivity index (χ4n) is 1.62. The molecule has 0 fully saturated rings. The summed E-state index contributed by atoms with van der Waals surface area (Å²) in [5.74, 6) is 0.770. The highest BCUT2D eigenvalue weighted by Crippen LogP contribution is 2.29. The number of nitrogens with one attached hydrogen (secondary N) is 1. The van der Waals surface area contributed by atoms with E-state index < -0.39 is 4.92 Å². The molecular formula is C10H17N5O2. The molecule has 0 unspecified atom stereocenters. The Bertz CT molecular complexity index is 417. The van der Waals surface area contributed by atoms with E-state index in [-0.39, 0.29) is 5.69 Å². The minimum absolute atomic E-state index is 0.0206. The van der Waals surface area contributed by atoms with Gasteiger partial charge in [0.2, 0.25) is 11.8 Å². The van der Waals surface area contributed by atoms with Gasteiger partial charge in [-0.15, -0.1) is 0 Å². The fraction of sp³-hybridized carbons (Fsp3) is 0.600. The Kier molecular flexibility index (Phi) is 4.19. The summed E-state index contributed by atoms with van der Waals surface area (Å²) in [6, 6.07) is 0. The number of nitro groups is 1. The molecule has 1 heterocycles. The van der Waals surface area contributed by atoms with Crippen molar-refractivity contribution < 1.29 is 4.92 Å². The molecule has 0 aromatic carbocycles. The molecule has 0 saturated carbocycles. The molecule has 1 rings (SSSR count). The van der Waals surface area contributed by atoms with E-state index in [1.165, 1.54) is 0 Å². The fourth-order valence-corrected chi connectivity index (χ4v) is 1.62. The van der Waals surface area contributed by atoms with Crippen molar-refractivity contribution in [3.05, 3.63) is 15.8 Å². The van der Waals surface area contributed by atoms with Crippen LogP contribution in [0.2, 0.25) is 0 Å². The summed E-state index contributed by atoms with van der Waals surface area (Å²) in [7, 11) is 1.69. The van der Waals surface area contributed by atoms with Crippen molar-refractivity contribution in [2.45, 2.75) is 20.8 Å². The van der Waals surface area contributed by atoms with Gasteiger partial charge in [-0.1, -0.05) is 0 Å². The van der Waals surface area contributed by atoms with Crippen molar-refractivity contribution in [2.75, 3.05) is 30.4 Å². The lowest BCUT2D eigenvalue weighted by Crippen LogP contribution is -2.25. The van der Waals surface area contributed by atoms with Crippen molar-refractivity contribution >= 4 is 17.5 Å². The maximum Gasteiger partial charge on any atom is 0.332 e. The summed E-state index contributed by atoms with van der Waals surface area (Å²) in [6.07, 6.45) is 0. The van der Waals surface area contributed by atoms with Crippen LogP contribution in [0.15, 0.2) is 0 Å². The monoisotopic (exact) mass is 239 g/mol. The molecule has 0 saturated heterocycles. The zero-order valence-corrected chi connectivity index (χ0v) is 10.5. The third kappa shape index (κ3) is 2.61. The van der Waals surface area contributed by atoms with E-state index in [1.54, 1.807) is 14.0 Å². The molecule has 7 heteroatoms. The van der Waals surface area contributed by atoms with Gasteiger partial charge < -0.3 is 10.2 Å². The Hall–Kier alpha value is -1.92. The lowest BCUT2D eigenvalue weighted by molar-refractivity contribution is -0.385. The Labute approximate surface area is 100 Å². The van der Waals surface area contributed by atoms with Gasteiger partial charge in [0.05, 0.1) is 4.92 Å². The van der Waals surface area contributed by atoms with Crippen LogP contribution in [0.4, 0.5) is 17.5 Å². The van der Waals surface area contributed by atoms with E-state index in [0.29, 0.717) is 30.5 Å². The van der Waals surface area contributed by atoms with Gasteiger partial charge in [-0.2, -0.15) is 4.98 Å². The first kappa shape index (κ1) is 13.1. The van der Waals surface area contributed by atoms with Crippen LogP contribution < -0.4 is 10.2 Å².